The zero-order chi connectivity index (χ0) is 14.7. The van der Waals surface area contributed by atoms with E-state index in [-0.39, 0.29) is 16.6 Å². The predicted molar refractivity (Wildman–Crippen MR) is 84.1 cm³/mol. The number of carbonyl (C=O) groups is 1. The number of hydrogen-bond donors (Lipinski definition) is 2. The molecule has 0 fully saturated rings. The van der Waals surface area contributed by atoms with Gasteiger partial charge in [-0.2, -0.15) is 0 Å². The molecule has 0 aliphatic rings. The maximum Gasteiger partial charge on any atom is 0.337 e. The first-order valence-electron chi connectivity index (χ1n) is 6.39. The zero-order valence-corrected chi connectivity index (χ0v) is 12.9. The third-order valence-corrected chi connectivity index (χ3v) is 4.78. The first-order valence-corrected chi connectivity index (χ1v) is 7.58. The van der Waals surface area contributed by atoms with E-state index in [1.54, 1.807) is 29.5 Å². The van der Waals surface area contributed by atoms with Crippen LogP contribution >= 0.6 is 22.9 Å². The van der Waals surface area contributed by atoms with Crippen LogP contribution in [-0.2, 0) is 6.42 Å². The van der Waals surface area contributed by atoms with Gasteiger partial charge in [-0.15, -0.1) is 11.3 Å². The Hall–Kier alpha value is -1.52. The Kier molecular flexibility index (Phi) is 4.68. The second-order valence-corrected chi connectivity index (χ2v) is 6.13. The lowest BCUT2D eigenvalue weighted by atomic mass is 10.2. The summed E-state index contributed by atoms with van der Waals surface area (Å²) in [5.74, 6) is -1.02. The average molecular weight is 310 g/mol. The summed E-state index contributed by atoms with van der Waals surface area (Å²) < 4.78 is 0. The molecule has 20 heavy (non-hydrogen) atoms. The van der Waals surface area contributed by atoms with E-state index in [1.807, 2.05) is 0 Å². The summed E-state index contributed by atoms with van der Waals surface area (Å²) in [6.07, 6.45) is 1.03. The standard InChI is InChI=1S/C15H16ClNO2S/c1-3-11-5-7-14(20-11)9(2)17-10-4-6-13(16)12(8-10)15(18)19/h4-9,17H,3H2,1-2H3,(H,18,19). The summed E-state index contributed by atoms with van der Waals surface area (Å²) in [5, 5.41) is 12.6. The fourth-order valence-corrected chi connectivity index (χ4v) is 3.07. The lowest BCUT2D eigenvalue weighted by Gasteiger charge is -2.14. The average Bonchev–Trinajstić information content (AvgIpc) is 2.89. The van der Waals surface area contributed by atoms with Gasteiger partial charge in [0, 0.05) is 15.4 Å². The minimum absolute atomic E-state index is 0.115. The Morgan fingerprint density at radius 1 is 1.40 bits per heavy atom. The Labute approximate surface area is 127 Å². The van der Waals surface area contributed by atoms with Gasteiger partial charge in [0.1, 0.15) is 0 Å². The number of aryl methyl sites for hydroxylation is 1. The molecule has 0 bridgehead atoms. The number of halogens is 1. The minimum atomic E-state index is -1.02. The maximum absolute atomic E-state index is 11.1. The molecule has 1 atom stereocenters. The van der Waals surface area contributed by atoms with Crippen LogP contribution in [0.4, 0.5) is 5.69 Å². The summed E-state index contributed by atoms with van der Waals surface area (Å²) in [7, 11) is 0. The summed E-state index contributed by atoms with van der Waals surface area (Å²) in [6, 6.07) is 9.32. The molecule has 1 heterocycles. The van der Waals surface area contributed by atoms with Gasteiger partial charge in [0.05, 0.1) is 16.6 Å². The topological polar surface area (TPSA) is 49.3 Å². The van der Waals surface area contributed by atoms with Crippen LogP contribution in [0.2, 0.25) is 5.02 Å². The molecule has 0 spiro atoms. The van der Waals surface area contributed by atoms with Gasteiger partial charge in [-0.25, -0.2) is 4.79 Å². The van der Waals surface area contributed by atoms with E-state index < -0.39 is 5.97 Å². The van der Waals surface area contributed by atoms with E-state index in [0.717, 1.165) is 12.1 Å². The number of benzene rings is 1. The number of nitrogens with one attached hydrogen (secondary N) is 1. The molecule has 106 valence electrons. The van der Waals surface area contributed by atoms with E-state index >= 15 is 0 Å². The fraction of sp³-hybridized carbons (Fsp3) is 0.267. The smallest absolute Gasteiger partial charge is 0.337 e. The molecule has 1 unspecified atom stereocenters. The second kappa shape index (κ2) is 6.29. The van der Waals surface area contributed by atoms with E-state index in [2.05, 4.69) is 31.3 Å². The molecule has 0 saturated heterocycles. The van der Waals surface area contributed by atoms with Crippen LogP contribution < -0.4 is 5.32 Å². The predicted octanol–water partition coefficient (Wildman–Crippen LogP) is 4.84. The minimum Gasteiger partial charge on any atom is -0.478 e. The number of thiophene rings is 1. The molecule has 0 saturated carbocycles. The molecule has 2 N–H and O–H groups in total. The highest BCUT2D eigenvalue weighted by Crippen LogP contribution is 2.28. The van der Waals surface area contributed by atoms with Crippen LogP contribution in [0.5, 0.6) is 0 Å². The summed E-state index contributed by atoms with van der Waals surface area (Å²) in [6.45, 7) is 4.19. The molecule has 0 amide bonds. The van der Waals surface area contributed by atoms with Gasteiger partial charge in [-0.1, -0.05) is 18.5 Å². The number of rotatable bonds is 5. The molecule has 0 aliphatic heterocycles. The summed E-state index contributed by atoms with van der Waals surface area (Å²) in [4.78, 5) is 13.6. The van der Waals surface area contributed by atoms with Crippen LogP contribution in [0, 0.1) is 0 Å². The number of hydrogen-bond acceptors (Lipinski definition) is 3. The van der Waals surface area contributed by atoms with Gasteiger partial charge < -0.3 is 10.4 Å². The lowest BCUT2D eigenvalue weighted by molar-refractivity contribution is 0.0697. The van der Waals surface area contributed by atoms with Crippen molar-refractivity contribution in [3.05, 3.63) is 50.7 Å². The lowest BCUT2D eigenvalue weighted by Crippen LogP contribution is -2.06. The molecule has 2 rings (SSSR count). The quantitative estimate of drug-likeness (QED) is 0.831. The van der Waals surface area contributed by atoms with E-state index in [0.29, 0.717) is 0 Å². The van der Waals surface area contributed by atoms with Crippen molar-refractivity contribution in [3.8, 4) is 0 Å². The molecule has 5 heteroatoms. The molecule has 3 nitrogen and oxygen atoms in total. The molecule has 0 aliphatic carbocycles. The van der Waals surface area contributed by atoms with Gasteiger partial charge >= 0.3 is 5.97 Å². The molecule has 2 aromatic rings. The van der Waals surface area contributed by atoms with Gasteiger partial charge in [0.2, 0.25) is 0 Å². The fourth-order valence-electron chi connectivity index (χ4n) is 1.92. The molecule has 0 radical (unpaired) electrons. The van der Waals surface area contributed by atoms with E-state index in [4.69, 9.17) is 16.7 Å². The Morgan fingerprint density at radius 3 is 2.75 bits per heavy atom. The second-order valence-electron chi connectivity index (χ2n) is 4.52. The molecule has 1 aromatic carbocycles. The number of anilines is 1. The zero-order valence-electron chi connectivity index (χ0n) is 11.3. The highest BCUT2D eigenvalue weighted by atomic mass is 35.5. The van der Waals surface area contributed by atoms with Gasteiger partial charge in [-0.3, -0.25) is 0 Å². The number of aromatic carboxylic acids is 1. The molecular weight excluding hydrogens is 294 g/mol. The van der Waals surface area contributed by atoms with E-state index in [1.165, 1.54) is 9.75 Å². The van der Waals surface area contributed by atoms with Gasteiger partial charge in [-0.05, 0) is 43.7 Å². The Bertz CT molecular complexity index is 624. The number of carboxylic acid groups (broad SMARTS) is 1. The monoisotopic (exact) mass is 309 g/mol. The normalized spacial score (nSPS) is 12.2. The highest BCUT2D eigenvalue weighted by Gasteiger charge is 2.12. The van der Waals surface area contributed by atoms with Crippen molar-refractivity contribution in [2.75, 3.05) is 5.32 Å². The van der Waals surface area contributed by atoms with Crippen molar-refractivity contribution in [1.82, 2.24) is 0 Å². The Morgan fingerprint density at radius 2 is 2.15 bits per heavy atom. The SMILES string of the molecule is CCc1ccc(C(C)Nc2ccc(Cl)c(C(=O)O)c2)s1. The van der Waals surface area contributed by atoms with Crippen LogP contribution in [0.1, 0.15) is 40.0 Å². The van der Waals surface area contributed by atoms with Crippen LogP contribution in [0.15, 0.2) is 30.3 Å². The van der Waals surface area contributed by atoms with Crippen molar-refractivity contribution in [2.45, 2.75) is 26.3 Å². The first-order chi connectivity index (χ1) is 9.51. The molecular formula is C15H16ClNO2S. The summed E-state index contributed by atoms with van der Waals surface area (Å²) >= 11 is 7.63. The van der Waals surface area contributed by atoms with Crippen molar-refractivity contribution in [2.24, 2.45) is 0 Å². The van der Waals surface area contributed by atoms with Crippen LogP contribution in [0.3, 0.4) is 0 Å². The third kappa shape index (κ3) is 3.32. The Balaban J connectivity index is 2.17. The van der Waals surface area contributed by atoms with Crippen molar-refractivity contribution < 1.29 is 9.90 Å². The third-order valence-electron chi connectivity index (χ3n) is 3.04. The van der Waals surface area contributed by atoms with Crippen molar-refractivity contribution in [1.29, 1.82) is 0 Å². The largest absolute Gasteiger partial charge is 0.478 e. The maximum atomic E-state index is 11.1. The van der Waals surface area contributed by atoms with Crippen molar-refractivity contribution in [3.63, 3.8) is 0 Å². The van der Waals surface area contributed by atoms with Gasteiger partial charge in [0.15, 0.2) is 0 Å². The number of carboxylic acids is 1. The first kappa shape index (κ1) is 14.9. The van der Waals surface area contributed by atoms with Crippen molar-refractivity contribution >= 4 is 34.6 Å². The van der Waals surface area contributed by atoms with E-state index in [9.17, 15) is 4.79 Å². The summed E-state index contributed by atoms with van der Waals surface area (Å²) in [5.41, 5.74) is 0.870. The van der Waals surface area contributed by atoms with Gasteiger partial charge in [0.25, 0.3) is 0 Å². The van der Waals surface area contributed by atoms with Crippen LogP contribution in [0.25, 0.3) is 0 Å². The van der Waals surface area contributed by atoms with Crippen LogP contribution in [-0.4, -0.2) is 11.1 Å². The molecule has 1 aromatic heterocycles. The highest BCUT2D eigenvalue weighted by molar-refractivity contribution is 7.12.